The van der Waals surface area contributed by atoms with Crippen molar-refractivity contribution in [2.24, 2.45) is 23.7 Å². The number of hydrogen-bond donors (Lipinski definition) is 4. The smallest absolute Gasteiger partial charge is 0.407 e. The zero-order valence-electron chi connectivity index (χ0n) is 16.5. The number of ether oxygens (including phenoxy) is 1. The first-order chi connectivity index (χ1) is 12.8. The van der Waals surface area contributed by atoms with Crippen molar-refractivity contribution in [2.45, 2.75) is 58.5 Å². The lowest BCUT2D eigenvalue weighted by atomic mass is 9.97. The Hall–Kier alpha value is -1.83. The molecule has 2 rings (SSSR count). The van der Waals surface area contributed by atoms with Crippen molar-refractivity contribution in [2.75, 3.05) is 19.8 Å². The van der Waals surface area contributed by atoms with Gasteiger partial charge in [0.25, 0.3) is 0 Å². The maximum absolute atomic E-state index is 12.6. The molecule has 1 aliphatic carbocycles. The number of rotatable bonds is 10. The lowest BCUT2D eigenvalue weighted by Gasteiger charge is -2.24. The number of nitrogens with one attached hydrogen (secondary N) is 3. The average molecular weight is 383 g/mol. The van der Waals surface area contributed by atoms with Crippen molar-refractivity contribution in [3.05, 3.63) is 0 Å². The molecule has 2 aliphatic rings. The molecule has 0 radical (unpaired) electrons. The predicted molar refractivity (Wildman–Crippen MR) is 99.7 cm³/mol. The Balaban J connectivity index is 1.85. The fourth-order valence-corrected chi connectivity index (χ4v) is 3.40. The molecule has 0 bridgehead atoms. The highest BCUT2D eigenvalue weighted by molar-refractivity contribution is 5.86. The van der Waals surface area contributed by atoms with E-state index in [1.54, 1.807) is 0 Å². The first-order valence-corrected chi connectivity index (χ1v) is 9.92. The number of carbonyl (C=O) groups is 3. The Kier molecular flexibility index (Phi) is 7.89. The van der Waals surface area contributed by atoms with Crippen molar-refractivity contribution in [1.82, 2.24) is 16.0 Å². The first kappa shape index (κ1) is 21.5. The van der Waals surface area contributed by atoms with Gasteiger partial charge in [-0.3, -0.25) is 9.59 Å². The van der Waals surface area contributed by atoms with Gasteiger partial charge >= 0.3 is 6.09 Å². The first-order valence-electron chi connectivity index (χ1n) is 9.92. The maximum atomic E-state index is 12.6. The van der Waals surface area contributed by atoms with Gasteiger partial charge in [0.2, 0.25) is 11.8 Å². The molecule has 154 valence electrons. The second kappa shape index (κ2) is 9.92. The molecule has 0 aromatic rings. The molecule has 1 saturated carbocycles. The second-order valence-corrected chi connectivity index (χ2v) is 8.30. The molecule has 8 nitrogen and oxygen atoms in total. The highest BCUT2D eigenvalue weighted by atomic mass is 16.5. The van der Waals surface area contributed by atoms with Gasteiger partial charge in [-0.1, -0.05) is 20.8 Å². The number of aliphatic hydroxyl groups is 1. The molecule has 0 spiro atoms. The fourth-order valence-electron chi connectivity index (χ4n) is 3.40. The number of aliphatic hydroxyl groups excluding tert-OH is 1. The molecule has 2 fully saturated rings. The van der Waals surface area contributed by atoms with Gasteiger partial charge in [-0.15, -0.1) is 0 Å². The molecule has 0 aromatic heterocycles. The van der Waals surface area contributed by atoms with Crippen LogP contribution in [0.2, 0.25) is 0 Å². The summed E-state index contributed by atoms with van der Waals surface area (Å²) in [6.07, 6.45) is 2.02. The van der Waals surface area contributed by atoms with E-state index < -0.39 is 18.2 Å². The summed E-state index contributed by atoms with van der Waals surface area (Å²) in [6.45, 7) is 6.78. The number of hydrogen-bond acceptors (Lipinski definition) is 5. The van der Waals surface area contributed by atoms with Crippen molar-refractivity contribution in [1.29, 1.82) is 0 Å². The quantitative estimate of drug-likeness (QED) is 0.445. The Morgan fingerprint density at radius 1 is 1.33 bits per heavy atom. The average Bonchev–Trinajstić information content (AvgIpc) is 3.17. The zero-order valence-corrected chi connectivity index (χ0v) is 16.5. The van der Waals surface area contributed by atoms with Crippen LogP contribution in [0.25, 0.3) is 0 Å². The number of carbonyl (C=O) groups excluding carboxylic acids is 3. The van der Waals surface area contributed by atoms with Crippen LogP contribution in [-0.4, -0.2) is 54.9 Å². The van der Waals surface area contributed by atoms with Crippen LogP contribution < -0.4 is 16.0 Å². The Morgan fingerprint density at radius 3 is 2.56 bits per heavy atom. The van der Waals surface area contributed by atoms with Crippen molar-refractivity contribution < 1.29 is 24.2 Å². The summed E-state index contributed by atoms with van der Waals surface area (Å²) >= 11 is 0. The summed E-state index contributed by atoms with van der Waals surface area (Å²) in [7, 11) is 0. The third-order valence-corrected chi connectivity index (χ3v) is 5.32. The molecule has 0 unspecified atom stereocenters. The molecule has 1 aliphatic heterocycles. The van der Waals surface area contributed by atoms with Gasteiger partial charge < -0.3 is 25.8 Å². The van der Waals surface area contributed by atoms with Gasteiger partial charge in [-0.2, -0.15) is 0 Å². The van der Waals surface area contributed by atoms with E-state index in [2.05, 4.69) is 22.9 Å². The summed E-state index contributed by atoms with van der Waals surface area (Å²) in [5.74, 6) is 0.590. The minimum Gasteiger partial charge on any atom is -0.449 e. The SMILES string of the molecule is CC(C)C[C@H](NC(=O)OC[C@H]1C[C@@H]1C)C(=O)N[C@H](CO)C[C@@H]1CCNC1=O. The Morgan fingerprint density at radius 2 is 2.04 bits per heavy atom. The van der Waals surface area contributed by atoms with Crippen LogP contribution in [0.1, 0.15) is 46.5 Å². The summed E-state index contributed by atoms with van der Waals surface area (Å²) in [6, 6.07) is -1.26. The summed E-state index contributed by atoms with van der Waals surface area (Å²) in [5, 5.41) is 17.8. The van der Waals surface area contributed by atoms with Crippen molar-refractivity contribution in [3.63, 3.8) is 0 Å². The Labute approximate surface area is 160 Å². The Bertz CT molecular complexity index is 539. The number of alkyl carbamates (subject to hydrolysis) is 1. The van der Waals surface area contributed by atoms with Crippen LogP contribution in [0, 0.1) is 23.7 Å². The monoisotopic (exact) mass is 383 g/mol. The van der Waals surface area contributed by atoms with Crippen molar-refractivity contribution in [3.8, 4) is 0 Å². The van der Waals surface area contributed by atoms with E-state index in [9.17, 15) is 19.5 Å². The minimum absolute atomic E-state index is 0.0440. The van der Waals surface area contributed by atoms with Crippen LogP contribution in [0.15, 0.2) is 0 Å². The molecule has 5 atom stereocenters. The topological polar surface area (TPSA) is 117 Å². The zero-order chi connectivity index (χ0) is 20.0. The predicted octanol–water partition coefficient (Wildman–Crippen LogP) is 0.787. The highest BCUT2D eigenvalue weighted by Crippen LogP contribution is 2.37. The third kappa shape index (κ3) is 7.01. The van der Waals surface area contributed by atoms with Gasteiger partial charge in [-0.05, 0) is 43.4 Å². The van der Waals surface area contributed by atoms with E-state index in [0.29, 0.717) is 44.2 Å². The van der Waals surface area contributed by atoms with Gasteiger partial charge in [-0.25, -0.2) is 4.79 Å². The van der Waals surface area contributed by atoms with Crippen LogP contribution in [0.5, 0.6) is 0 Å². The molecule has 4 N–H and O–H groups in total. The van der Waals surface area contributed by atoms with Gasteiger partial charge in [0.05, 0.1) is 19.3 Å². The van der Waals surface area contributed by atoms with Crippen LogP contribution in [0.4, 0.5) is 4.79 Å². The standard InChI is InChI=1S/C19H33N3O5/c1-11(2)6-16(22-19(26)27-10-14-7-12(14)3)18(25)21-15(9-23)8-13-4-5-20-17(13)24/h11-16,23H,4-10H2,1-3H3,(H,20,24)(H,21,25)(H,22,26)/t12-,13-,14+,15-,16-/m0/s1. The second-order valence-electron chi connectivity index (χ2n) is 8.30. The van der Waals surface area contributed by atoms with Crippen LogP contribution >= 0.6 is 0 Å². The van der Waals surface area contributed by atoms with Gasteiger partial charge in [0, 0.05) is 12.5 Å². The lowest BCUT2D eigenvalue weighted by molar-refractivity contribution is -0.126. The molecule has 3 amide bonds. The molecule has 27 heavy (non-hydrogen) atoms. The van der Waals surface area contributed by atoms with E-state index >= 15 is 0 Å². The summed E-state index contributed by atoms with van der Waals surface area (Å²) in [5.41, 5.74) is 0. The van der Waals surface area contributed by atoms with Gasteiger partial charge in [0.1, 0.15) is 6.04 Å². The lowest BCUT2D eigenvalue weighted by Crippen LogP contribution is -2.51. The van der Waals surface area contributed by atoms with E-state index in [0.717, 1.165) is 6.42 Å². The third-order valence-electron chi connectivity index (χ3n) is 5.32. The summed E-state index contributed by atoms with van der Waals surface area (Å²) < 4.78 is 5.22. The van der Waals surface area contributed by atoms with E-state index in [-0.39, 0.29) is 30.3 Å². The van der Waals surface area contributed by atoms with E-state index in [4.69, 9.17) is 4.74 Å². The molecular formula is C19H33N3O5. The molecule has 0 aromatic carbocycles. The van der Waals surface area contributed by atoms with E-state index in [1.165, 1.54) is 0 Å². The molecule has 1 heterocycles. The van der Waals surface area contributed by atoms with E-state index in [1.807, 2.05) is 13.8 Å². The maximum Gasteiger partial charge on any atom is 0.407 e. The molecule has 8 heteroatoms. The normalized spacial score (nSPS) is 26.3. The summed E-state index contributed by atoms with van der Waals surface area (Å²) in [4.78, 5) is 36.4. The fraction of sp³-hybridized carbons (Fsp3) is 0.842. The highest BCUT2D eigenvalue weighted by Gasteiger charge is 2.34. The van der Waals surface area contributed by atoms with Crippen LogP contribution in [0.3, 0.4) is 0 Å². The van der Waals surface area contributed by atoms with Crippen LogP contribution in [-0.2, 0) is 14.3 Å². The van der Waals surface area contributed by atoms with Crippen molar-refractivity contribution >= 4 is 17.9 Å². The number of amides is 3. The molecule has 1 saturated heterocycles. The van der Waals surface area contributed by atoms with Gasteiger partial charge in [0.15, 0.2) is 0 Å². The largest absolute Gasteiger partial charge is 0.449 e. The minimum atomic E-state index is -0.736. The molecular weight excluding hydrogens is 350 g/mol.